The molecule has 0 saturated heterocycles. The summed E-state index contributed by atoms with van der Waals surface area (Å²) in [4.78, 5) is 11.3. The first-order valence-corrected chi connectivity index (χ1v) is 6.54. The number of hydrogen-bond donors (Lipinski definition) is 1. The van der Waals surface area contributed by atoms with E-state index in [1.54, 1.807) is 0 Å². The molecule has 0 amide bonds. The van der Waals surface area contributed by atoms with Crippen molar-refractivity contribution in [1.29, 1.82) is 0 Å². The topological polar surface area (TPSA) is 46.5 Å². The van der Waals surface area contributed by atoms with Crippen LogP contribution in [0.3, 0.4) is 0 Å². The van der Waals surface area contributed by atoms with E-state index in [1.807, 2.05) is 37.3 Å². The number of carboxylic acid groups (broad SMARTS) is 1. The summed E-state index contributed by atoms with van der Waals surface area (Å²) in [7, 11) is 0. The van der Waals surface area contributed by atoms with Crippen LogP contribution in [0.15, 0.2) is 30.3 Å². The van der Waals surface area contributed by atoms with Gasteiger partial charge in [-0.3, -0.25) is 4.79 Å². The number of para-hydroxylation sites is 1. The second-order valence-corrected chi connectivity index (χ2v) is 5.26. The van der Waals surface area contributed by atoms with Gasteiger partial charge < -0.3 is 9.84 Å². The largest absolute Gasteiger partial charge is 0.494 e. The van der Waals surface area contributed by atoms with E-state index in [2.05, 4.69) is 0 Å². The molecule has 1 aromatic rings. The second kappa shape index (κ2) is 5.42. The summed E-state index contributed by atoms with van der Waals surface area (Å²) in [6.45, 7) is 2.45. The number of carboxylic acids is 1. The SMILES string of the molecule is CC(CCCOc1ccccc1)(C(=O)O)C1CC1. The molecule has 1 N–H and O–H groups in total. The van der Waals surface area contributed by atoms with E-state index in [1.165, 1.54) is 0 Å². The average Bonchev–Trinajstić information content (AvgIpc) is 3.20. The Morgan fingerprint density at radius 2 is 2.06 bits per heavy atom. The van der Waals surface area contributed by atoms with Gasteiger partial charge in [0.1, 0.15) is 5.75 Å². The molecule has 0 heterocycles. The highest BCUT2D eigenvalue weighted by Gasteiger charge is 2.46. The van der Waals surface area contributed by atoms with Crippen molar-refractivity contribution in [1.82, 2.24) is 0 Å². The van der Waals surface area contributed by atoms with Gasteiger partial charge in [-0.2, -0.15) is 0 Å². The highest BCUT2D eigenvalue weighted by Crippen LogP contribution is 2.48. The van der Waals surface area contributed by atoms with Gasteiger partial charge >= 0.3 is 5.97 Å². The predicted octanol–water partition coefficient (Wildman–Crippen LogP) is 3.35. The van der Waals surface area contributed by atoms with Gasteiger partial charge in [0.2, 0.25) is 0 Å². The van der Waals surface area contributed by atoms with Gasteiger partial charge in [-0.1, -0.05) is 18.2 Å². The average molecular weight is 248 g/mol. The van der Waals surface area contributed by atoms with Crippen molar-refractivity contribution in [2.45, 2.75) is 32.6 Å². The molecule has 1 aliphatic rings. The molecule has 1 unspecified atom stereocenters. The van der Waals surface area contributed by atoms with Crippen LogP contribution in [0.5, 0.6) is 5.75 Å². The zero-order chi connectivity index (χ0) is 13.0. The van der Waals surface area contributed by atoms with Crippen molar-refractivity contribution in [3.63, 3.8) is 0 Å². The lowest BCUT2D eigenvalue weighted by Gasteiger charge is -2.24. The molecule has 3 nitrogen and oxygen atoms in total. The third kappa shape index (κ3) is 3.03. The number of rotatable bonds is 7. The second-order valence-electron chi connectivity index (χ2n) is 5.26. The minimum Gasteiger partial charge on any atom is -0.494 e. The molecule has 1 fully saturated rings. The van der Waals surface area contributed by atoms with Crippen LogP contribution in [0.25, 0.3) is 0 Å². The highest BCUT2D eigenvalue weighted by atomic mass is 16.5. The van der Waals surface area contributed by atoms with Crippen molar-refractivity contribution in [2.75, 3.05) is 6.61 Å². The minimum atomic E-state index is -0.662. The molecule has 0 bridgehead atoms. The molecule has 1 atom stereocenters. The van der Waals surface area contributed by atoms with Crippen molar-refractivity contribution in [3.05, 3.63) is 30.3 Å². The lowest BCUT2D eigenvalue weighted by molar-refractivity contribution is -0.149. The Kier molecular flexibility index (Phi) is 3.90. The normalized spacial score (nSPS) is 18.1. The fourth-order valence-corrected chi connectivity index (χ4v) is 2.35. The maximum atomic E-state index is 11.3. The molecular formula is C15H20O3. The Bertz CT molecular complexity index is 397. The fourth-order valence-electron chi connectivity index (χ4n) is 2.35. The van der Waals surface area contributed by atoms with Gasteiger partial charge in [-0.15, -0.1) is 0 Å². The van der Waals surface area contributed by atoms with E-state index in [0.29, 0.717) is 18.9 Å². The number of hydrogen-bond acceptors (Lipinski definition) is 2. The molecule has 0 radical (unpaired) electrons. The third-order valence-corrected chi connectivity index (χ3v) is 3.82. The molecule has 0 aliphatic heterocycles. The molecule has 3 heteroatoms. The first-order valence-electron chi connectivity index (χ1n) is 6.54. The van der Waals surface area contributed by atoms with Crippen LogP contribution in [0, 0.1) is 11.3 Å². The van der Waals surface area contributed by atoms with E-state index in [4.69, 9.17) is 4.74 Å². The Morgan fingerprint density at radius 3 is 2.61 bits per heavy atom. The summed E-state index contributed by atoms with van der Waals surface area (Å²) in [6.07, 6.45) is 3.60. The summed E-state index contributed by atoms with van der Waals surface area (Å²) >= 11 is 0. The first kappa shape index (κ1) is 12.9. The van der Waals surface area contributed by atoms with Gasteiger partial charge in [-0.25, -0.2) is 0 Å². The van der Waals surface area contributed by atoms with Gasteiger partial charge in [-0.05, 0) is 50.7 Å². The summed E-state index contributed by atoms with van der Waals surface area (Å²) < 4.78 is 5.59. The Morgan fingerprint density at radius 1 is 1.39 bits per heavy atom. The van der Waals surface area contributed by atoms with Crippen LogP contribution in [-0.4, -0.2) is 17.7 Å². The summed E-state index contributed by atoms with van der Waals surface area (Å²) in [5, 5.41) is 9.32. The van der Waals surface area contributed by atoms with Crippen LogP contribution in [-0.2, 0) is 4.79 Å². The first-order chi connectivity index (χ1) is 8.63. The smallest absolute Gasteiger partial charge is 0.309 e. The Labute approximate surface area is 108 Å². The summed E-state index contributed by atoms with van der Waals surface area (Å²) in [6, 6.07) is 9.64. The minimum absolute atomic E-state index is 0.367. The van der Waals surface area contributed by atoms with E-state index in [-0.39, 0.29) is 0 Å². The van der Waals surface area contributed by atoms with E-state index in [0.717, 1.165) is 25.0 Å². The van der Waals surface area contributed by atoms with Gasteiger partial charge in [0, 0.05) is 0 Å². The predicted molar refractivity (Wildman–Crippen MR) is 69.6 cm³/mol. The Balaban J connectivity index is 1.76. The number of carbonyl (C=O) groups is 1. The summed E-state index contributed by atoms with van der Waals surface area (Å²) in [5.74, 6) is 0.553. The number of aliphatic carboxylic acids is 1. The van der Waals surface area contributed by atoms with Crippen molar-refractivity contribution < 1.29 is 14.6 Å². The molecule has 2 rings (SSSR count). The third-order valence-electron chi connectivity index (χ3n) is 3.82. The van der Waals surface area contributed by atoms with E-state index >= 15 is 0 Å². The lowest BCUT2D eigenvalue weighted by Crippen LogP contribution is -2.30. The monoisotopic (exact) mass is 248 g/mol. The Hall–Kier alpha value is -1.51. The highest BCUT2D eigenvalue weighted by molar-refractivity contribution is 5.75. The van der Waals surface area contributed by atoms with E-state index < -0.39 is 11.4 Å². The van der Waals surface area contributed by atoms with Crippen molar-refractivity contribution in [3.8, 4) is 5.75 Å². The molecule has 0 aromatic heterocycles. The van der Waals surface area contributed by atoms with Gasteiger partial charge in [0.25, 0.3) is 0 Å². The van der Waals surface area contributed by atoms with Crippen LogP contribution in [0.4, 0.5) is 0 Å². The molecule has 1 aromatic carbocycles. The van der Waals surface area contributed by atoms with Crippen LogP contribution in [0.1, 0.15) is 32.6 Å². The molecule has 98 valence electrons. The standard InChI is InChI=1S/C15H20O3/c1-15(14(16)17,12-8-9-12)10-5-11-18-13-6-3-2-4-7-13/h2-4,6-7,12H,5,8-11H2,1H3,(H,16,17). The quantitative estimate of drug-likeness (QED) is 0.753. The zero-order valence-corrected chi connectivity index (χ0v) is 10.8. The molecule has 1 aliphatic carbocycles. The zero-order valence-electron chi connectivity index (χ0n) is 10.8. The maximum Gasteiger partial charge on any atom is 0.309 e. The molecule has 0 spiro atoms. The van der Waals surface area contributed by atoms with Crippen molar-refractivity contribution >= 4 is 5.97 Å². The number of benzene rings is 1. The van der Waals surface area contributed by atoms with E-state index in [9.17, 15) is 9.90 Å². The molecular weight excluding hydrogens is 228 g/mol. The lowest BCUT2D eigenvalue weighted by atomic mass is 9.80. The number of ether oxygens (including phenoxy) is 1. The summed E-state index contributed by atoms with van der Waals surface area (Å²) in [5.41, 5.74) is -0.556. The van der Waals surface area contributed by atoms with Gasteiger partial charge in [0.05, 0.1) is 12.0 Å². The maximum absolute atomic E-state index is 11.3. The van der Waals surface area contributed by atoms with Crippen LogP contribution in [0.2, 0.25) is 0 Å². The molecule has 1 saturated carbocycles. The van der Waals surface area contributed by atoms with Crippen LogP contribution < -0.4 is 4.74 Å². The van der Waals surface area contributed by atoms with Crippen molar-refractivity contribution in [2.24, 2.45) is 11.3 Å². The van der Waals surface area contributed by atoms with Gasteiger partial charge in [0.15, 0.2) is 0 Å². The van der Waals surface area contributed by atoms with Crippen LogP contribution >= 0.6 is 0 Å². The fraction of sp³-hybridized carbons (Fsp3) is 0.533. The molecule has 18 heavy (non-hydrogen) atoms.